The average Bonchev–Trinajstić information content (AvgIpc) is 2.49. The van der Waals surface area contributed by atoms with E-state index in [4.69, 9.17) is 5.73 Å². The predicted octanol–water partition coefficient (Wildman–Crippen LogP) is 0.105. The summed E-state index contributed by atoms with van der Waals surface area (Å²) in [6.45, 7) is 8.08. The molecule has 0 spiro atoms. The fraction of sp³-hybridized carbons (Fsp3) is 0.667. The van der Waals surface area contributed by atoms with Gasteiger partial charge < -0.3 is 15.7 Å². The Balaban J connectivity index is 2.11. The number of hydrogen-bond acceptors (Lipinski definition) is 6. The standard InChI is InChI=1S/C15H25N5O2/c1-11(2)9-19-4-5-20(10-12(19)3-6-21)14-8-17-7-13(18-14)15(16)22/h7-8,11-12,21H,3-6,9-10H2,1-2H3,(H2,16,22)/t12-/m0/s1. The summed E-state index contributed by atoms with van der Waals surface area (Å²) in [5.74, 6) is 0.689. The van der Waals surface area contributed by atoms with Crippen LogP contribution < -0.4 is 10.6 Å². The zero-order chi connectivity index (χ0) is 16.1. The number of primary amides is 1. The largest absolute Gasteiger partial charge is 0.396 e. The Morgan fingerprint density at radius 2 is 2.23 bits per heavy atom. The number of rotatable bonds is 6. The van der Waals surface area contributed by atoms with Gasteiger partial charge in [-0.25, -0.2) is 4.98 Å². The van der Waals surface area contributed by atoms with E-state index >= 15 is 0 Å². The number of aliphatic hydroxyl groups is 1. The average molecular weight is 307 g/mol. The molecule has 1 saturated heterocycles. The quantitative estimate of drug-likeness (QED) is 0.774. The number of nitrogens with two attached hydrogens (primary N) is 1. The molecular formula is C15H25N5O2. The Bertz CT molecular complexity index is 508. The highest BCUT2D eigenvalue weighted by Crippen LogP contribution is 2.19. The molecule has 1 aromatic heterocycles. The first-order valence-electron chi connectivity index (χ1n) is 7.73. The molecule has 1 atom stereocenters. The number of amides is 1. The fourth-order valence-corrected chi connectivity index (χ4v) is 2.86. The van der Waals surface area contributed by atoms with Gasteiger partial charge in [0.15, 0.2) is 0 Å². The fourth-order valence-electron chi connectivity index (χ4n) is 2.86. The molecule has 122 valence electrons. The molecule has 1 fully saturated rings. The van der Waals surface area contributed by atoms with Crippen molar-refractivity contribution in [2.75, 3.05) is 37.7 Å². The molecule has 1 amide bonds. The number of aliphatic hydroxyl groups excluding tert-OH is 1. The van der Waals surface area contributed by atoms with Crippen molar-refractivity contribution in [1.82, 2.24) is 14.9 Å². The summed E-state index contributed by atoms with van der Waals surface area (Å²) in [6, 6.07) is 0.278. The first-order chi connectivity index (χ1) is 10.5. The highest BCUT2D eigenvalue weighted by Gasteiger charge is 2.28. The van der Waals surface area contributed by atoms with Gasteiger partial charge in [0, 0.05) is 38.8 Å². The van der Waals surface area contributed by atoms with Gasteiger partial charge in [-0.1, -0.05) is 13.8 Å². The van der Waals surface area contributed by atoms with Crippen molar-refractivity contribution in [1.29, 1.82) is 0 Å². The summed E-state index contributed by atoms with van der Waals surface area (Å²) in [5, 5.41) is 9.31. The van der Waals surface area contributed by atoms with E-state index in [9.17, 15) is 9.90 Å². The van der Waals surface area contributed by atoms with Gasteiger partial charge in [-0.15, -0.1) is 0 Å². The number of carbonyl (C=O) groups is 1. The zero-order valence-electron chi connectivity index (χ0n) is 13.3. The second kappa shape index (κ2) is 7.51. The molecule has 1 aliphatic rings. The van der Waals surface area contributed by atoms with Crippen LogP contribution in [-0.2, 0) is 0 Å². The first kappa shape index (κ1) is 16.6. The van der Waals surface area contributed by atoms with Crippen LogP contribution >= 0.6 is 0 Å². The van der Waals surface area contributed by atoms with Gasteiger partial charge in [-0.2, -0.15) is 0 Å². The van der Waals surface area contributed by atoms with Gasteiger partial charge in [0.2, 0.25) is 0 Å². The maximum atomic E-state index is 11.2. The topological polar surface area (TPSA) is 95.6 Å². The third kappa shape index (κ3) is 4.14. The van der Waals surface area contributed by atoms with Crippen molar-refractivity contribution in [3.05, 3.63) is 18.1 Å². The van der Waals surface area contributed by atoms with Crippen LogP contribution in [0.5, 0.6) is 0 Å². The van der Waals surface area contributed by atoms with Gasteiger partial charge >= 0.3 is 0 Å². The third-order valence-electron chi connectivity index (χ3n) is 3.86. The molecule has 22 heavy (non-hydrogen) atoms. The highest BCUT2D eigenvalue weighted by atomic mass is 16.3. The van der Waals surface area contributed by atoms with E-state index in [1.807, 2.05) is 0 Å². The van der Waals surface area contributed by atoms with Crippen LogP contribution in [0.15, 0.2) is 12.4 Å². The highest BCUT2D eigenvalue weighted by molar-refractivity contribution is 5.90. The predicted molar refractivity (Wildman–Crippen MR) is 84.7 cm³/mol. The van der Waals surface area contributed by atoms with Crippen LogP contribution in [0.3, 0.4) is 0 Å². The minimum atomic E-state index is -0.570. The monoisotopic (exact) mass is 307 g/mol. The lowest BCUT2D eigenvalue weighted by molar-refractivity contribution is 0.0995. The van der Waals surface area contributed by atoms with Crippen LogP contribution in [0.1, 0.15) is 30.8 Å². The van der Waals surface area contributed by atoms with Crippen LogP contribution in [0, 0.1) is 5.92 Å². The van der Waals surface area contributed by atoms with Gasteiger partial charge in [0.1, 0.15) is 11.5 Å². The van der Waals surface area contributed by atoms with Gasteiger partial charge in [-0.05, 0) is 12.3 Å². The lowest BCUT2D eigenvalue weighted by atomic mass is 10.1. The van der Waals surface area contributed by atoms with Crippen LogP contribution in [-0.4, -0.2) is 64.7 Å². The van der Waals surface area contributed by atoms with Crippen molar-refractivity contribution < 1.29 is 9.90 Å². The molecule has 0 aliphatic carbocycles. The van der Waals surface area contributed by atoms with Gasteiger partial charge in [0.05, 0.1) is 12.4 Å². The van der Waals surface area contributed by atoms with Gasteiger partial charge in [0.25, 0.3) is 5.91 Å². The molecule has 1 aliphatic heterocycles. The second-order valence-electron chi connectivity index (χ2n) is 6.13. The van der Waals surface area contributed by atoms with Crippen molar-refractivity contribution in [2.45, 2.75) is 26.3 Å². The summed E-state index contributed by atoms with van der Waals surface area (Å²) in [6.07, 6.45) is 3.76. The molecule has 3 N–H and O–H groups in total. The summed E-state index contributed by atoms with van der Waals surface area (Å²) < 4.78 is 0. The van der Waals surface area contributed by atoms with E-state index < -0.39 is 5.91 Å². The number of anilines is 1. The number of piperazine rings is 1. The smallest absolute Gasteiger partial charge is 0.268 e. The zero-order valence-corrected chi connectivity index (χ0v) is 13.3. The molecule has 2 rings (SSSR count). The molecule has 0 saturated carbocycles. The van der Waals surface area contributed by atoms with E-state index in [1.165, 1.54) is 6.20 Å². The third-order valence-corrected chi connectivity index (χ3v) is 3.86. The maximum absolute atomic E-state index is 11.2. The minimum absolute atomic E-state index is 0.167. The molecule has 0 unspecified atom stereocenters. The summed E-state index contributed by atoms with van der Waals surface area (Å²) >= 11 is 0. The Kier molecular flexibility index (Phi) is 5.68. The number of aromatic nitrogens is 2. The van der Waals surface area contributed by atoms with Crippen molar-refractivity contribution in [3.63, 3.8) is 0 Å². The van der Waals surface area contributed by atoms with Crippen molar-refractivity contribution >= 4 is 11.7 Å². The van der Waals surface area contributed by atoms with Crippen LogP contribution in [0.2, 0.25) is 0 Å². The van der Waals surface area contributed by atoms with E-state index in [0.29, 0.717) is 11.7 Å². The molecule has 2 heterocycles. The van der Waals surface area contributed by atoms with E-state index in [-0.39, 0.29) is 18.3 Å². The lowest BCUT2D eigenvalue weighted by Crippen LogP contribution is -2.54. The summed E-state index contributed by atoms with van der Waals surface area (Å²) in [4.78, 5) is 24.1. The summed E-state index contributed by atoms with van der Waals surface area (Å²) in [7, 11) is 0. The Morgan fingerprint density at radius 3 is 2.86 bits per heavy atom. The normalized spacial score (nSPS) is 19.6. The number of nitrogens with zero attached hydrogens (tertiary/aromatic N) is 4. The Labute approximate surface area is 131 Å². The van der Waals surface area contributed by atoms with E-state index in [0.717, 1.165) is 32.6 Å². The van der Waals surface area contributed by atoms with Crippen LogP contribution in [0.4, 0.5) is 5.82 Å². The molecule has 0 radical (unpaired) electrons. The lowest BCUT2D eigenvalue weighted by Gasteiger charge is -2.42. The van der Waals surface area contributed by atoms with E-state index in [1.54, 1.807) is 6.20 Å². The molecule has 0 bridgehead atoms. The Hall–Kier alpha value is -1.73. The summed E-state index contributed by atoms with van der Waals surface area (Å²) in [5.41, 5.74) is 5.44. The van der Waals surface area contributed by atoms with Crippen molar-refractivity contribution in [3.8, 4) is 0 Å². The molecular weight excluding hydrogens is 282 g/mol. The number of carbonyl (C=O) groups excluding carboxylic acids is 1. The van der Waals surface area contributed by atoms with Crippen LogP contribution in [0.25, 0.3) is 0 Å². The minimum Gasteiger partial charge on any atom is -0.396 e. The van der Waals surface area contributed by atoms with Crippen molar-refractivity contribution in [2.24, 2.45) is 11.7 Å². The van der Waals surface area contributed by atoms with E-state index in [2.05, 4.69) is 33.6 Å². The first-order valence-corrected chi connectivity index (χ1v) is 7.73. The Morgan fingerprint density at radius 1 is 1.45 bits per heavy atom. The molecule has 1 aromatic rings. The molecule has 7 heteroatoms. The van der Waals surface area contributed by atoms with Gasteiger partial charge in [-0.3, -0.25) is 14.7 Å². The molecule has 7 nitrogen and oxygen atoms in total. The molecule has 0 aromatic carbocycles. The number of hydrogen-bond donors (Lipinski definition) is 2. The SMILES string of the molecule is CC(C)CN1CCN(c2cncc(C(N)=O)n2)C[C@@H]1CCO. The maximum Gasteiger partial charge on any atom is 0.268 e. The second-order valence-corrected chi connectivity index (χ2v) is 6.13.